The highest BCUT2D eigenvalue weighted by atomic mass is 35.5. The molecular weight excluding hydrogens is 198 g/mol. The second kappa shape index (κ2) is 3.80. The van der Waals surface area contributed by atoms with Crippen molar-refractivity contribution in [2.45, 2.75) is 12.8 Å². The van der Waals surface area contributed by atoms with Crippen molar-refractivity contribution in [2.75, 3.05) is 0 Å². The van der Waals surface area contributed by atoms with E-state index in [-0.39, 0.29) is 0 Å². The summed E-state index contributed by atoms with van der Waals surface area (Å²) in [6.45, 7) is 1.98. The molecule has 2 heterocycles. The van der Waals surface area contributed by atoms with Gasteiger partial charge in [0.25, 0.3) is 0 Å². The zero-order valence-corrected chi connectivity index (χ0v) is 8.54. The van der Waals surface area contributed by atoms with Crippen LogP contribution in [0.2, 0.25) is 0 Å². The van der Waals surface area contributed by atoms with Gasteiger partial charge in [-0.15, -0.1) is 11.6 Å². The van der Waals surface area contributed by atoms with Crippen molar-refractivity contribution >= 4 is 11.6 Å². The predicted molar refractivity (Wildman–Crippen MR) is 56.1 cm³/mol. The van der Waals surface area contributed by atoms with Crippen LogP contribution in [-0.4, -0.2) is 15.0 Å². The third kappa shape index (κ3) is 1.63. The van der Waals surface area contributed by atoms with Crippen LogP contribution in [0.1, 0.15) is 11.5 Å². The van der Waals surface area contributed by atoms with Gasteiger partial charge in [-0.3, -0.25) is 4.98 Å². The number of rotatable bonds is 2. The smallest absolute Gasteiger partial charge is 0.121 e. The van der Waals surface area contributed by atoms with E-state index in [4.69, 9.17) is 11.6 Å². The number of nitrogens with zero attached hydrogens (tertiary/aromatic N) is 2. The summed E-state index contributed by atoms with van der Waals surface area (Å²) < 4.78 is 0. The Balaban J connectivity index is 2.46. The highest BCUT2D eigenvalue weighted by Crippen LogP contribution is 2.20. The molecule has 0 fully saturated rings. The van der Waals surface area contributed by atoms with Gasteiger partial charge in [0.15, 0.2) is 0 Å². The third-order valence-electron chi connectivity index (χ3n) is 2.01. The van der Waals surface area contributed by atoms with Crippen LogP contribution in [-0.2, 0) is 5.88 Å². The van der Waals surface area contributed by atoms with Crippen molar-refractivity contribution < 1.29 is 0 Å². The quantitative estimate of drug-likeness (QED) is 0.769. The molecule has 1 N–H and O–H groups in total. The largest absolute Gasteiger partial charge is 0.345 e. The van der Waals surface area contributed by atoms with E-state index in [0.29, 0.717) is 5.88 Å². The second-order valence-corrected chi connectivity index (χ2v) is 3.29. The topological polar surface area (TPSA) is 41.6 Å². The van der Waals surface area contributed by atoms with E-state index in [0.717, 1.165) is 22.8 Å². The van der Waals surface area contributed by atoms with Gasteiger partial charge in [0, 0.05) is 23.7 Å². The highest BCUT2D eigenvalue weighted by Gasteiger charge is 2.07. The first-order valence-corrected chi connectivity index (χ1v) is 4.86. The molecule has 0 bridgehead atoms. The molecule has 0 saturated heterocycles. The number of aromatic amines is 1. The molecule has 2 aromatic rings. The molecule has 0 unspecified atom stereocenters. The minimum atomic E-state index is 0.409. The number of aromatic nitrogens is 3. The van der Waals surface area contributed by atoms with E-state index in [9.17, 15) is 0 Å². The number of pyridine rings is 1. The summed E-state index contributed by atoms with van der Waals surface area (Å²) in [5.41, 5.74) is 3.04. The van der Waals surface area contributed by atoms with Gasteiger partial charge in [-0.1, -0.05) is 0 Å². The van der Waals surface area contributed by atoms with Crippen LogP contribution in [0.5, 0.6) is 0 Å². The Hall–Kier alpha value is -1.35. The Morgan fingerprint density at radius 1 is 1.36 bits per heavy atom. The lowest BCUT2D eigenvalue weighted by atomic mass is 10.2. The summed E-state index contributed by atoms with van der Waals surface area (Å²) in [6.07, 6.45) is 3.51. The first kappa shape index (κ1) is 9.21. The van der Waals surface area contributed by atoms with Gasteiger partial charge in [0.2, 0.25) is 0 Å². The molecule has 0 radical (unpaired) electrons. The van der Waals surface area contributed by atoms with Gasteiger partial charge >= 0.3 is 0 Å². The van der Waals surface area contributed by atoms with Crippen molar-refractivity contribution in [3.05, 3.63) is 36.0 Å². The van der Waals surface area contributed by atoms with Gasteiger partial charge in [-0.25, -0.2) is 4.98 Å². The van der Waals surface area contributed by atoms with Crippen LogP contribution >= 0.6 is 11.6 Å². The van der Waals surface area contributed by atoms with Crippen LogP contribution in [0, 0.1) is 6.92 Å². The fourth-order valence-corrected chi connectivity index (χ4v) is 1.50. The monoisotopic (exact) mass is 207 g/mol. The summed E-state index contributed by atoms with van der Waals surface area (Å²) in [7, 11) is 0. The van der Waals surface area contributed by atoms with Crippen molar-refractivity contribution in [3.63, 3.8) is 0 Å². The minimum Gasteiger partial charge on any atom is -0.345 e. The van der Waals surface area contributed by atoms with Gasteiger partial charge in [0.1, 0.15) is 5.82 Å². The Bertz CT molecular complexity index is 422. The van der Waals surface area contributed by atoms with E-state index in [1.54, 1.807) is 12.4 Å². The molecule has 14 heavy (non-hydrogen) atoms. The zero-order chi connectivity index (χ0) is 9.97. The molecule has 0 saturated carbocycles. The minimum absolute atomic E-state index is 0.409. The van der Waals surface area contributed by atoms with Crippen LogP contribution in [0.3, 0.4) is 0 Å². The van der Waals surface area contributed by atoms with E-state index >= 15 is 0 Å². The van der Waals surface area contributed by atoms with Crippen molar-refractivity contribution in [2.24, 2.45) is 0 Å². The maximum atomic E-state index is 5.69. The molecule has 0 aliphatic heterocycles. The van der Waals surface area contributed by atoms with E-state index in [2.05, 4.69) is 15.0 Å². The fourth-order valence-electron chi connectivity index (χ4n) is 1.38. The van der Waals surface area contributed by atoms with Gasteiger partial charge < -0.3 is 4.98 Å². The molecule has 0 atom stereocenters. The Morgan fingerprint density at radius 2 is 2.07 bits per heavy atom. The number of alkyl halides is 1. The number of halogens is 1. The molecule has 2 aromatic heterocycles. The Kier molecular flexibility index (Phi) is 2.50. The molecule has 0 aliphatic carbocycles. The van der Waals surface area contributed by atoms with Crippen LogP contribution in [0.15, 0.2) is 24.5 Å². The highest BCUT2D eigenvalue weighted by molar-refractivity contribution is 6.16. The van der Waals surface area contributed by atoms with Crippen molar-refractivity contribution in [3.8, 4) is 11.3 Å². The second-order valence-electron chi connectivity index (χ2n) is 3.03. The van der Waals surface area contributed by atoms with Gasteiger partial charge in [-0.05, 0) is 19.1 Å². The maximum Gasteiger partial charge on any atom is 0.121 e. The van der Waals surface area contributed by atoms with Crippen molar-refractivity contribution in [1.82, 2.24) is 15.0 Å². The van der Waals surface area contributed by atoms with Gasteiger partial charge in [-0.2, -0.15) is 0 Å². The molecule has 2 rings (SSSR count). The summed E-state index contributed by atoms with van der Waals surface area (Å²) in [4.78, 5) is 11.5. The lowest BCUT2D eigenvalue weighted by Gasteiger charge is -1.95. The number of nitrogens with one attached hydrogen (secondary N) is 1. The first-order valence-electron chi connectivity index (χ1n) is 4.33. The van der Waals surface area contributed by atoms with Crippen LogP contribution in [0.4, 0.5) is 0 Å². The Morgan fingerprint density at radius 3 is 2.64 bits per heavy atom. The average Bonchev–Trinajstić information content (AvgIpc) is 2.61. The predicted octanol–water partition coefficient (Wildman–Crippen LogP) is 2.52. The number of hydrogen-bond donors (Lipinski definition) is 1. The number of aryl methyl sites for hydroxylation is 1. The summed E-state index contributed by atoms with van der Waals surface area (Å²) in [5.74, 6) is 1.21. The standard InChI is InChI=1S/C10H10ClN3/c1-7-10(14-9(6-11)13-7)8-2-4-12-5-3-8/h2-5H,6H2,1H3,(H,13,14). The maximum absolute atomic E-state index is 5.69. The molecule has 0 spiro atoms. The van der Waals surface area contributed by atoms with E-state index < -0.39 is 0 Å². The summed E-state index contributed by atoms with van der Waals surface area (Å²) in [6, 6.07) is 3.86. The fraction of sp³-hybridized carbons (Fsp3) is 0.200. The molecule has 0 amide bonds. The van der Waals surface area contributed by atoms with Crippen LogP contribution < -0.4 is 0 Å². The molecule has 4 heteroatoms. The van der Waals surface area contributed by atoms with E-state index in [1.807, 2.05) is 19.1 Å². The first-order chi connectivity index (χ1) is 6.81. The molecule has 72 valence electrons. The number of H-pyrrole nitrogens is 1. The zero-order valence-electron chi connectivity index (χ0n) is 7.79. The lowest BCUT2D eigenvalue weighted by molar-refractivity contribution is 1.10. The summed E-state index contributed by atoms with van der Waals surface area (Å²) in [5, 5.41) is 0. The lowest BCUT2D eigenvalue weighted by Crippen LogP contribution is -1.81. The Labute approximate surface area is 87.2 Å². The molecular formula is C10H10ClN3. The van der Waals surface area contributed by atoms with Gasteiger partial charge in [0.05, 0.1) is 11.6 Å². The third-order valence-corrected chi connectivity index (χ3v) is 2.27. The van der Waals surface area contributed by atoms with E-state index in [1.165, 1.54) is 0 Å². The molecule has 0 aromatic carbocycles. The summed E-state index contributed by atoms with van der Waals surface area (Å²) >= 11 is 5.69. The average molecular weight is 208 g/mol. The molecule has 0 aliphatic rings. The SMILES string of the molecule is Cc1[nH]c(CCl)nc1-c1ccncc1. The number of imidazole rings is 1. The molecule has 3 nitrogen and oxygen atoms in total. The number of hydrogen-bond acceptors (Lipinski definition) is 2. The van der Waals surface area contributed by atoms with Crippen LogP contribution in [0.25, 0.3) is 11.3 Å². The van der Waals surface area contributed by atoms with Crippen molar-refractivity contribution in [1.29, 1.82) is 0 Å². The normalized spacial score (nSPS) is 10.4.